The summed E-state index contributed by atoms with van der Waals surface area (Å²) >= 11 is 0. The predicted octanol–water partition coefficient (Wildman–Crippen LogP) is 5.82. The van der Waals surface area contributed by atoms with E-state index in [1.54, 1.807) is 0 Å². The normalized spacial score (nSPS) is 27.3. The van der Waals surface area contributed by atoms with Crippen molar-refractivity contribution in [2.45, 2.75) is 37.4 Å². The zero-order chi connectivity index (χ0) is 19.7. The van der Waals surface area contributed by atoms with Crippen LogP contribution in [0.15, 0.2) is 96.6 Å². The van der Waals surface area contributed by atoms with E-state index in [-0.39, 0.29) is 6.04 Å². The summed E-state index contributed by atoms with van der Waals surface area (Å²) in [6.07, 6.45) is 4.96. The largest absolute Gasteiger partial charge is 0.292 e. The lowest BCUT2D eigenvalue weighted by atomic mass is 9.79. The summed E-state index contributed by atoms with van der Waals surface area (Å²) in [4.78, 5) is 16.2. The van der Waals surface area contributed by atoms with Gasteiger partial charge in [0.05, 0.1) is 6.04 Å². The van der Waals surface area contributed by atoms with Crippen LogP contribution in [0.25, 0.3) is 6.08 Å². The summed E-state index contributed by atoms with van der Waals surface area (Å²) < 4.78 is 0. The Hall–Kier alpha value is -2.97. The van der Waals surface area contributed by atoms with Gasteiger partial charge in [-0.2, -0.15) is 0 Å². The maximum Gasteiger partial charge on any atom is 0.181 e. The standard InChI is InChI=1S/C27H25NO/c29-26-24(19-21-11-4-1-5-12-21)17-10-18-27(26)25(23-15-8-3-9-16-23)28(27)20-22-13-6-2-7-14-22/h1-9,11-16,19,25H,10,17-18,20H2/b24-19-. The summed E-state index contributed by atoms with van der Waals surface area (Å²) in [5.41, 5.74) is 4.20. The fourth-order valence-electron chi connectivity index (χ4n) is 4.97. The molecule has 1 heterocycles. The Bertz CT molecular complexity index is 1030. The van der Waals surface area contributed by atoms with Crippen molar-refractivity contribution in [3.8, 4) is 0 Å². The molecular formula is C27H25NO. The lowest BCUT2D eigenvalue weighted by molar-refractivity contribution is -0.120. The molecule has 0 amide bonds. The number of hydrogen-bond acceptors (Lipinski definition) is 2. The van der Waals surface area contributed by atoms with Crippen molar-refractivity contribution < 1.29 is 4.79 Å². The first-order chi connectivity index (χ1) is 14.3. The van der Waals surface area contributed by atoms with Crippen LogP contribution in [-0.2, 0) is 11.3 Å². The van der Waals surface area contributed by atoms with E-state index >= 15 is 0 Å². The van der Waals surface area contributed by atoms with E-state index in [0.717, 1.165) is 36.9 Å². The molecule has 1 saturated carbocycles. The van der Waals surface area contributed by atoms with E-state index in [2.05, 4.69) is 71.6 Å². The third kappa shape index (κ3) is 3.24. The Morgan fingerprint density at radius 2 is 1.48 bits per heavy atom. The number of rotatable bonds is 4. The van der Waals surface area contributed by atoms with Gasteiger partial charge >= 0.3 is 0 Å². The summed E-state index contributed by atoms with van der Waals surface area (Å²) in [6.45, 7) is 0.810. The van der Waals surface area contributed by atoms with Gasteiger partial charge in [-0.05, 0) is 47.6 Å². The van der Waals surface area contributed by atoms with Crippen LogP contribution in [0.2, 0.25) is 0 Å². The lowest BCUT2D eigenvalue weighted by Gasteiger charge is -2.24. The van der Waals surface area contributed by atoms with Crippen molar-refractivity contribution in [1.29, 1.82) is 0 Å². The summed E-state index contributed by atoms with van der Waals surface area (Å²) in [7, 11) is 0. The topological polar surface area (TPSA) is 20.1 Å². The maximum absolute atomic E-state index is 13.8. The minimum atomic E-state index is -0.393. The molecule has 3 unspecified atom stereocenters. The predicted molar refractivity (Wildman–Crippen MR) is 117 cm³/mol. The summed E-state index contributed by atoms with van der Waals surface area (Å²) in [5.74, 6) is 0.317. The van der Waals surface area contributed by atoms with Gasteiger partial charge < -0.3 is 0 Å². The first-order valence-corrected chi connectivity index (χ1v) is 10.4. The van der Waals surface area contributed by atoms with Gasteiger partial charge in [-0.3, -0.25) is 9.69 Å². The Kier molecular flexibility index (Phi) is 4.65. The van der Waals surface area contributed by atoms with Crippen LogP contribution >= 0.6 is 0 Å². The molecule has 1 aliphatic heterocycles. The quantitative estimate of drug-likeness (QED) is 0.420. The minimum absolute atomic E-state index is 0.163. The molecule has 1 spiro atoms. The number of carbonyl (C=O) groups is 1. The summed E-state index contributed by atoms with van der Waals surface area (Å²) in [5, 5.41) is 0. The highest BCUT2D eigenvalue weighted by atomic mass is 16.1. The third-order valence-corrected chi connectivity index (χ3v) is 6.35. The molecule has 1 aliphatic carbocycles. The van der Waals surface area contributed by atoms with Crippen LogP contribution in [0.1, 0.15) is 42.0 Å². The van der Waals surface area contributed by atoms with Gasteiger partial charge in [0.1, 0.15) is 5.54 Å². The van der Waals surface area contributed by atoms with Crippen LogP contribution in [0.3, 0.4) is 0 Å². The Labute approximate surface area is 172 Å². The van der Waals surface area contributed by atoms with Crippen LogP contribution in [0.4, 0.5) is 0 Å². The molecule has 2 nitrogen and oxygen atoms in total. The molecule has 2 heteroatoms. The fraction of sp³-hybridized carbons (Fsp3) is 0.222. The number of hydrogen-bond donors (Lipinski definition) is 0. The molecule has 29 heavy (non-hydrogen) atoms. The zero-order valence-electron chi connectivity index (χ0n) is 16.5. The number of carbonyl (C=O) groups excluding carboxylic acids is 1. The molecule has 0 bridgehead atoms. The smallest absolute Gasteiger partial charge is 0.181 e. The van der Waals surface area contributed by atoms with Crippen molar-refractivity contribution in [3.63, 3.8) is 0 Å². The molecule has 0 aromatic heterocycles. The van der Waals surface area contributed by atoms with E-state index in [4.69, 9.17) is 0 Å². The lowest BCUT2D eigenvalue weighted by Crippen LogP contribution is -2.34. The third-order valence-electron chi connectivity index (χ3n) is 6.35. The highest BCUT2D eigenvalue weighted by molar-refractivity contribution is 6.09. The highest BCUT2D eigenvalue weighted by Crippen LogP contribution is 2.60. The fourth-order valence-corrected chi connectivity index (χ4v) is 4.97. The van der Waals surface area contributed by atoms with Gasteiger partial charge in [0, 0.05) is 6.54 Å². The van der Waals surface area contributed by atoms with Gasteiger partial charge in [-0.25, -0.2) is 0 Å². The number of ketones is 1. The molecule has 3 aromatic carbocycles. The second-order valence-corrected chi connectivity index (χ2v) is 8.11. The average Bonchev–Trinajstić information content (AvgIpc) is 3.40. The Morgan fingerprint density at radius 1 is 0.862 bits per heavy atom. The molecule has 144 valence electrons. The molecule has 5 rings (SSSR count). The van der Waals surface area contributed by atoms with Crippen LogP contribution in [-0.4, -0.2) is 16.2 Å². The molecule has 3 aromatic rings. The first kappa shape index (κ1) is 18.1. The molecule has 2 fully saturated rings. The van der Waals surface area contributed by atoms with Gasteiger partial charge in [0.25, 0.3) is 0 Å². The molecule has 0 radical (unpaired) electrons. The van der Waals surface area contributed by atoms with E-state index in [1.165, 1.54) is 11.1 Å². The molecular weight excluding hydrogens is 354 g/mol. The molecule has 0 N–H and O–H groups in total. The van der Waals surface area contributed by atoms with Crippen LogP contribution in [0, 0.1) is 0 Å². The Balaban J connectivity index is 1.51. The molecule has 1 saturated heterocycles. The van der Waals surface area contributed by atoms with Gasteiger partial charge in [-0.15, -0.1) is 0 Å². The summed E-state index contributed by atoms with van der Waals surface area (Å²) in [6, 6.07) is 31.4. The first-order valence-electron chi connectivity index (χ1n) is 10.4. The maximum atomic E-state index is 13.8. The van der Waals surface area contributed by atoms with E-state index in [1.807, 2.05) is 30.3 Å². The van der Waals surface area contributed by atoms with Crippen molar-refractivity contribution >= 4 is 11.9 Å². The molecule has 3 atom stereocenters. The second kappa shape index (κ2) is 7.46. The van der Waals surface area contributed by atoms with Crippen molar-refractivity contribution in [1.82, 2.24) is 4.90 Å². The van der Waals surface area contributed by atoms with Crippen molar-refractivity contribution in [2.75, 3.05) is 0 Å². The second-order valence-electron chi connectivity index (χ2n) is 8.11. The SMILES string of the molecule is O=C1/C(=C\c2ccccc2)CCCC12C(c1ccccc1)N2Cc1ccccc1. The highest BCUT2D eigenvalue weighted by Gasteiger charge is 2.68. The average molecular weight is 380 g/mol. The number of Topliss-reactive ketones (excluding diaryl/α,β-unsaturated/α-hetero) is 1. The van der Waals surface area contributed by atoms with Crippen molar-refractivity contribution in [3.05, 3.63) is 113 Å². The number of benzene rings is 3. The van der Waals surface area contributed by atoms with Crippen molar-refractivity contribution in [2.24, 2.45) is 0 Å². The molecule has 2 aliphatic rings. The number of nitrogens with zero attached hydrogens (tertiary/aromatic N) is 1. The monoisotopic (exact) mass is 379 g/mol. The Morgan fingerprint density at radius 3 is 2.17 bits per heavy atom. The van der Waals surface area contributed by atoms with E-state index in [9.17, 15) is 4.79 Å². The van der Waals surface area contributed by atoms with E-state index in [0.29, 0.717) is 5.78 Å². The van der Waals surface area contributed by atoms with Crippen LogP contribution in [0.5, 0.6) is 0 Å². The van der Waals surface area contributed by atoms with E-state index < -0.39 is 5.54 Å². The van der Waals surface area contributed by atoms with Crippen LogP contribution < -0.4 is 0 Å². The minimum Gasteiger partial charge on any atom is -0.292 e. The zero-order valence-corrected chi connectivity index (χ0v) is 16.5. The van der Waals surface area contributed by atoms with Gasteiger partial charge in [0.2, 0.25) is 0 Å². The van der Waals surface area contributed by atoms with Gasteiger partial charge in [-0.1, -0.05) is 91.0 Å². The van der Waals surface area contributed by atoms with Gasteiger partial charge in [0.15, 0.2) is 5.78 Å².